The Morgan fingerprint density at radius 2 is 1.94 bits per heavy atom. The molecule has 1 amide bonds. The summed E-state index contributed by atoms with van der Waals surface area (Å²) in [4.78, 5) is 19.4. The maximum absolute atomic E-state index is 13.1. The number of nitrogens with zero attached hydrogens (tertiary/aromatic N) is 2. The summed E-state index contributed by atoms with van der Waals surface area (Å²) in [6.45, 7) is 4.38. The predicted octanol–water partition coefficient (Wildman–Crippen LogP) is 2.44. The van der Waals surface area contributed by atoms with E-state index in [4.69, 9.17) is 9.47 Å². The molecule has 2 saturated heterocycles. The molecular weight excluding hydrogens is 442 g/mol. The highest BCUT2D eigenvalue weighted by atomic mass is 32.2. The second-order valence-electron chi connectivity index (χ2n) is 8.57. The summed E-state index contributed by atoms with van der Waals surface area (Å²) < 4.78 is 36.3. The number of ether oxygens (including phenoxy) is 2. The lowest BCUT2D eigenvalue weighted by Gasteiger charge is -2.35. The van der Waals surface area contributed by atoms with Crippen LogP contribution < -0.4 is 14.8 Å². The Morgan fingerprint density at radius 1 is 1.12 bits per heavy atom. The fourth-order valence-electron chi connectivity index (χ4n) is 4.51. The molecule has 3 heterocycles. The summed E-state index contributed by atoms with van der Waals surface area (Å²) in [5, 5.41) is 2.98. The molecule has 1 N–H and O–H groups in total. The number of sulfone groups is 1. The molecule has 0 saturated carbocycles. The Kier molecular flexibility index (Phi) is 7.49. The van der Waals surface area contributed by atoms with E-state index in [0.29, 0.717) is 30.3 Å². The fraction of sp³-hybridized carbons (Fsp3) is 0.500. The maximum atomic E-state index is 13.1. The van der Waals surface area contributed by atoms with Crippen LogP contribution in [0.4, 0.5) is 0 Å². The number of aromatic nitrogens is 1. The largest absolute Gasteiger partial charge is 0.490 e. The Morgan fingerprint density at radius 3 is 2.67 bits per heavy atom. The number of carbonyl (C=O) groups excluding carboxylic acids is 1. The van der Waals surface area contributed by atoms with Gasteiger partial charge >= 0.3 is 0 Å². The average Bonchev–Trinajstić information content (AvgIpc) is 3.13. The Bertz CT molecular complexity index is 1060. The van der Waals surface area contributed by atoms with E-state index in [-0.39, 0.29) is 23.5 Å². The van der Waals surface area contributed by atoms with Crippen LogP contribution in [-0.4, -0.2) is 67.5 Å². The zero-order valence-electron chi connectivity index (χ0n) is 18.9. The summed E-state index contributed by atoms with van der Waals surface area (Å²) in [5.41, 5.74) is 1.34. The van der Waals surface area contributed by atoms with E-state index in [1.54, 1.807) is 30.6 Å². The molecule has 2 aliphatic heterocycles. The van der Waals surface area contributed by atoms with Gasteiger partial charge in [0.2, 0.25) is 0 Å². The molecule has 0 unspecified atom stereocenters. The van der Waals surface area contributed by atoms with E-state index in [9.17, 15) is 13.2 Å². The molecule has 33 heavy (non-hydrogen) atoms. The quantitative estimate of drug-likeness (QED) is 0.629. The zero-order chi connectivity index (χ0) is 23.3. The van der Waals surface area contributed by atoms with Crippen molar-refractivity contribution in [1.82, 2.24) is 15.2 Å². The van der Waals surface area contributed by atoms with Crippen LogP contribution in [0.1, 0.15) is 42.1 Å². The molecule has 2 atom stereocenters. The number of rotatable bonds is 8. The third-order valence-electron chi connectivity index (χ3n) is 6.12. The standard InChI is InChI=1S/C24H31N3O5S/c1-2-31-23-13-19(8-9-22(23)32-15-18-7-6-10-25-14-18)24(28)26-20-16-33(29,30)17-21(20)27-11-4-3-5-12-27/h6-10,13-14,20-21H,2-5,11-12,15-17H2,1H3,(H,26,28)/t20-,21+/m0/s1. The van der Waals surface area contributed by atoms with Gasteiger partial charge in [0.05, 0.1) is 24.2 Å². The van der Waals surface area contributed by atoms with Crippen LogP contribution in [0.25, 0.3) is 0 Å². The van der Waals surface area contributed by atoms with Crippen LogP contribution in [0.15, 0.2) is 42.7 Å². The van der Waals surface area contributed by atoms with Gasteiger partial charge in [-0.3, -0.25) is 14.7 Å². The van der Waals surface area contributed by atoms with Gasteiger partial charge in [0, 0.05) is 29.6 Å². The van der Waals surface area contributed by atoms with E-state index >= 15 is 0 Å². The van der Waals surface area contributed by atoms with Crippen molar-refractivity contribution in [2.24, 2.45) is 0 Å². The Labute approximate surface area is 195 Å². The minimum atomic E-state index is -3.19. The van der Waals surface area contributed by atoms with Crippen molar-refractivity contribution in [1.29, 1.82) is 0 Å². The topological polar surface area (TPSA) is 97.8 Å². The summed E-state index contributed by atoms with van der Waals surface area (Å²) in [6.07, 6.45) is 6.73. The van der Waals surface area contributed by atoms with Gasteiger partial charge in [0.1, 0.15) is 6.61 Å². The van der Waals surface area contributed by atoms with Crippen molar-refractivity contribution in [3.8, 4) is 11.5 Å². The smallest absolute Gasteiger partial charge is 0.251 e. The number of nitrogens with one attached hydrogen (secondary N) is 1. The van der Waals surface area contributed by atoms with E-state index in [1.165, 1.54) is 6.42 Å². The number of benzene rings is 1. The highest BCUT2D eigenvalue weighted by Gasteiger charge is 2.42. The van der Waals surface area contributed by atoms with E-state index in [0.717, 1.165) is 31.5 Å². The van der Waals surface area contributed by atoms with Crippen LogP contribution in [0.2, 0.25) is 0 Å². The third kappa shape index (κ3) is 6.03. The fourth-order valence-corrected chi connectivity index (χ4v) is 6.46. The number of hydrogen-bond donors (Lipinski definition) is 1. The molecule has 0 aliphatic carbocycles. The Balaban J connectivity index is 1.47. The number of amides is 1. The van der Waals surface area contributed by atoms with Gasteiger partial charge in [-0.2, -0.15) is 0 Å². The van der Waals surface area contributed by atoms with Gasteiger partial charge in [-0.15, -0.1) is 0 Å². The molecule has 2 fully saturated rings. The number of hydrogen-bond acceptors (Lipinski definition) is 7. The molecule has 0 radical (unpaired) electrons. The molecule has 8 nitrogen and oxygen atoms in total. The first-order chi connectivity index (χ1) is 15.9. The van der Waals surface area contributed by atoms with Crippen LogP contribution in [0.5, 0.6) is 11.5 Å². The molecule has 2 aromatic rings. The van der Waals surface area contributed by atoms with Crippen LogP contribution >= 0.6 is 0 Å². The summed E-state index contributed by atoms with van der Waals surface area (Å²) >= 11 is 0. The summed E-state index contributed by atoms with van der Waals surface area (Å²) in [5.74, 6) is 0.778. The molecule has 1 aromatic carbocycles. The lowest BCUT2D eigenvalue weighted by Crippen LogP contribution is -2.52. The average molecular weight is 474 g/mol. The second-order valence-corrected chi connectivity index (χ2v) is 10.7. The maximum Gasteiger partial charge on any atom is 0.251 e. The van der Waals surface area contributed by atoms with Crippen molar-refractivity contribution < 1.29 is 22.7 Å². The monoisotopic (exact) mass is 473 g/mol. The van der Waals surface area contributed by atoms with Crippen molar-refractivity contribution in [3.05, 3.63) is 53.9 Å². The van der Waals surface area contributed by atoms with Gasteiger partial charge in [-0.05, 0) is 57.1 Å². The highest BCUT2D eigenvalue weighted by Crippen LogP contribution is 2.30. The number of pyridine rings is 1. The van der Waals surface area contributed by atoms with E-state index in [1.807, 2.05) is 19.1 Å². The van der Waals surface area contributed by atoms with Crippen LogP contribution in [0.3, 0.4) is 0 Å². The van der Waals surface area contributed by atoms with Crippen LogP contribution in [-0.2, 0) is 16.4 Å². The first kappa shape index (κ1) is 23.5. The summed E-state index contributed by atoms with van der Waals surface area (Å²) in [6, 6.07) is 8.21. The third-order valence-corrected chi connectivity index (χ3v) is 7.84. The summed E-state index contributed by atoms with van der Waals surface area (Å²) in [7, 11) is -3.19. The first-order valence-corrected chi connectivity index (χ1v) is 13.3. The van der Waals surface area contributed by atoms with Gasteiger partial charge in [-0.25, -0.2) is 8.42 Å². The van der Waals surface area contributed by atoms with Crippen molar-refractivity contribution >= 4 is 15.7 Å². The molecule has 2 aliphatic rings. The minimum absolute atomic E-state index is 0.0233. The molecule has 4 rings (SSSR count). The molecule has 0 spiro atoms. The van der Waals surface area contributed by atoms with Gasteiger partial charge in [0.15, 0.2) is 21.3 Å². The van der Waals surface area contributed by atoms with E-state index < -0.39 is 15.9 Å². The lowest BCUT2D eigenvalue weighted by molar-refractivity contribution is 0.0899. The van der Waals surface area contributed by atoms with Gasteiger partial charge in [0.25, 0.3) is 5.91 Å². The lowest BCUT2D eigenvalue weighted by atomic mass is 10.0. The van der Waals surface area contributed by atoms with E-state index in [2.05, 4.69) is 15.2 Å². The van der Waals surface area contributed by atoms with Crippen molar-refractivity contribution in [2.75, 3.05) is 31.2 Å². The van der Waals surface area contributed by atoms with Gasteiger partial charge in [-0.1, -0.05) is 12.5 Å². The predicted molar refractivity (Wildman–Crippen MR) is 125 cm³/mol. The molecular formula is C24H31N3O5S. The Hall–Kier alpha value is -2.65. The normalized spacial score (nSPS) is 22.6. The first-order valence-electron chi connectivity index (χ1n) is 11.5. The SMILES string of the molecule is CCOc1cc(C(=O)N[C@H]2CS(=O)(=O)C[C@H]2N2CCCCC2)ccc1OCc1cccnc1. The molecule has 178 valence electrons. The number of carbonyl (C=O) groups is 1. The number of piperidine rings is 1. The van der Waals surface area contributed by atoms with Gasteiger partial charge < -0.3 is 14.8 Å². The zero-order valence-corrected chi connectivity index (χ0v) is 19.7. The second kappa shape index (κ2) is 10.5. The van der Waals surface area contributed by atoms with Crippen molar-refractivity contribution in [2.45, 2.75) is 44.9 Å². The molecule has 0 bridgehead atoms. The molecule has 9 heteroatoms. The number of likely N-dealkylation sites (tertiary alicyclic amines) is 1. The van der Waals surface area contributed by atoms with Crippen LogP contribution in [0, 0.1) is 0 Å². The molecule has 1 aromatic heterocycles. The van der Waals surface area contributed by atoms with Crippen molar-refractivity contribution in [3.63, 3.8) is 0 Å². The highest BCUT2D eigenvalue weighted by molar-refractivity contribution is 7.91. The minimum Gasteiger partial charge on any atom is -0.490 e.